The Kier molecular flexibility index (Phi) is 4.02. The zero-order valence-electron chi connectivity index (χ0n) is 10.1. The number of benzene rings is 1. The minimum atomic E-state index is 0.178. The SMILES string of the molecule is COc1cccc(OCC(=O)C2CCCC2)c1. The monoisotopic (exact) mass is 234 g/mol. The van der Waals surface area contributed by atoms with E-state index >= 15 is 0 Å². The van der Waals surface area contributed by atoms with Crippen LogP contribution in [-0.2, 0) is 4.79 Å². The fourth-order valence-corrected chi connectivity index (χ4v) is 2.21. The molecule has 0 saturated heterocycles. The van der Waals surface area contributed by atoms with Crippen LogP contribution in [-0.4, -0.2) is 19.5 Å². The quantitative estimate of drug-likeness (QED) is 0.785. The lowest BCUT2D eigenvalue weighted by Gasteiger charge is -2.10. The van der Waals surface area contributed by atoms with Crippen molar-refractivity contribution < 1.29 is 14.3 Å². The molecule has 3 nitrogen and oxygen atoms in total. The van der Waals surface area contributed by atoms with Gasteiger partial charge in [-0.15, -0.1) is 0 Å². The van der Waals surface area contributed by atoms with E-state index in [-0.39, 0.29) is 18.3 Å². The minimum Gasteiger partial charge on any atom is -0.497 e. The largest absolute Gasteiger partial charge is 0.497 e. The number of carbonyl (C=O) groups is 1. The van der Waals surface area contributed by atoms with Crippen LogP contribution in [0.4, 0.5) is 0 Å². The Morgan fingerprint density at radius 3 is 2.71 bits per heavy atom. The fourth-order valence-electron chi connectivity index (χ4n) is 2.21. The molecular weight excluding hydrogens is 216 g/mol. The maximum absolute atomic E-state index is 11.8. The number of ketones is 1. The van der Waals surface area contributed by atoms with E-state index in [1.807, 2.05) is 18.2 Å². The summed E-state index contributed by atoms with van der Waals surface area (Å²) in [5.41, 5.74) is 0. The highest BCUT2D eigenvalue weighted by molar-refractivity contribution is 5.82. The summed E-state index contributed by atoms with van der Waals surface area (Å²) >= 11 is 0. The summed E-state index contributed by atoms with van der Waals surface area (Å²) in [4.78, 5) is 11.8. The second-order valence-electron chi connectivity index (χ2n) is 4.42. The molecule has 1 saturated carbocycles. The van der Waals surface area contributed by atoms with Crippen LogP contribution in [0.25, 0.3) is 0 Å². The first kappa shape index (κ1) is 12.0. The van der Waals surface area contributed by atoms with Gasteiger partial charge < -0.3 is 9.47 Å². The smallest absolute Gasteiger partial charge is 0.173 e. The molecule has 1 fully saturated rings. The Bertz CT molecular complexity index is 381. The highest BCUT2D eigenvalue weighted by atomic mass is 16.5. The van der Waals surface area contributed by atoms with Crippen molar-refractivity contribution in [3.8, 4) is 11.5 Å². The molecule has 17 heavy (non-hydrogen) atoms. The first-order valence-corrected chi connectivity index (χ1v) is 6.09. The van der Waals surface area contributed by atoms with Gasteiger partial charge in [-0.1, -0.05) is 18.9 Å². The molecule has 0 spiro atoms. The van der Waals surface area contributed by atoms with Crippen molar-refractivity contribution in [1.82, 2.24) is 0 Å². The Hall–Kier alpha value is -1.51. The molecule has 0 heterocycles. The van der Waals surface area contributed by atoms with Gasteiger partial charge in [0, 0.05) is 12.0 Å². The number of ether oxygens (including phenoxy) is 2. The molecule has 0 unspecified atom stereocenters. The summed E-state index contributed by atoms with van der Waals surface area (Å²) in [6, 6.07) is 7.34. The second-order valence-corrected chi connectivity index (χ2v) is 4.42. The van der Waals surface area contributed by atoms with E-state index in [0.717, 1.165) is 18.6 Å². The number of carbonyl (C=O) groups excluding carboxylic acids is 1. The van der Waals surface area contributed by atoms with Crippen molar-refractivity contribution in [3.63, 3.8) is 0 Å². The lowest BCUT2D eigenvalue weighted by Crippen LogP contribution is -2.19. The molecule has 1 aromatic carbocycles. The summed E-state index contributed by atoms with van der Waals surface area (Å²) < 4.78 is 10.6. The van der Waals surface area contributed by atoms with Gasteiger partial charge in [-0.05, 0) is 25.0 Å². The lowest BCUT2D eigenvalue weighted by atomic mass is 10.0. The second kappa shape index (κ2) is 5.71. The third kappa shape index (κ3) is 3.22. The van der Waals surface area contributed by atoms with Crippen molar-refractivity contribution >= 4 is 5.78 Å². The first-order chi connectivity index (χ1) is 8.29. The molecule has 0 atom stereocenters. The molecule has 0 bridgehead atoms. The highest BCUT2D eigenvalue weighted by Gasteiger charge is 2.22. The van der Waals surface area contributed by atoms with Gasteiger partial charge >= 0.3 is 0 Å². The van der Waals surface area contributed by atoms with Crippen LogP contribution in [0.1, 0.15) is 25.7 Å². The van der Waals surface area contributed by atoms with Crippen LogP contribution in [0.3, 0.4) is 0 Å². The Labute approximate surface area is 102 Å². The van der Waals surface area contributed by atoms with Crippen molar-refractivity contribution in [2.45, 2.75) is 25.7 Å². The molecule has 0 aromatic heterocycles. The van der Waals surface area contributed by atoms with Gasteiger partial charge in [0.2, 0.25) is 0 Å². The minimum absolute atomic E-state index is 0.178. The van der Waals surface area contributed by atoms with Crippen LogP contribution in [0, 0.1) is 5.92 Å². The summed E-state index contributed by atoms with van der Waals surface area (Å²) in [5.74, 6) is 1.89. The van der Waals surface area contributed by atoms with Crippen molar-refractivity contribution in [2.24, 2.45) is 5.92 Å². The average Bonchev–Trinajstić information content (AvgIpc) is 2.90. The van der Waals surface area contributed by atoms with Gasteiger partial charge in [-0.2, -0.15) is 0 Å². The van der Waals surface area contributed by atoms with Gasteiger partial charge in [0.15, 0.2) is 5.78 Å². The van der Waals surface area contributed by atoms with E-state index in [4.69, 9.17) is 9.47 Å². The van der Waals surface area contributed by atoms with Crippen LogP contribution in [0.15, 0.2) is 24.3 Å². The van der Waals surface area contributed by atoms with Crippen molar-refractivity contribution in [1.29, 1.82) is 0 Å². The fraction of sp³-hybridized carbons (Fsp3) is 0.500. The van der Waals surface area contributed by atoms with Gasteiger partial charge in [0.05, 0.1) is 7.11 Å². The number of rotatable bonds is 5. The number of hydrogen-bond acceptors (Lipinski definition) is 3. The number of methoxy groups -OCH3 is 1. The zero-order valence-corrected chi connectivity index (χ0v) is 10.1. The van der Waals surface area contributed by atoms with Crippen LogP contribution in [0.2, 0.25) is 0 Å². The first-order valence-electron chi connectivity index (χ1n) is 6.09. The van der Waals surface area contributed by atoms with Crippen LogP contribution >= 0.6 is 0 Å². The standard InChI is InChI=1S/C14H18O3/c1-16-12-7-4-8-13(9-12)17-10-14(15)11-5-2-3-6-11/h4,7-9,11H,2-3,5-6,10H2,1H3. The summed E-state index contributed by atoms with van der Waals surface area (Å²) in [7, 11) is 1.61. The molecule has 0 radical (unpaired) electrons. The van der Waals surface area contributed by atoms with E-state index in [2.05, 4.69) is 0 Å². The maximum Gasteiger partial charge on any atom is 0.173 e. The van der Waals surface area contributed by atoms with E-state index in [1.165, 1.54) is 12.8 Å². The van der Waals surface area contributed by atoms with Crippen molar-refractivity contribution in [2.75, 3.05) is 13.7 Å². The van der Waals surface area contributed by atoms with Crippen molar-refractivity contribution in [3.05, 3.63) is 24.3 Å². The maximum atomic E-state index is 11.8. The summed E-state index contributed by atoms with van der Waals surface area (Å²) in [6.07, 6.45) is 4.41. The summed E-state index contributed by atoms with van der Waals surface area (Å²) in [6.45, 7) is 0.178. The van der Waals surface area contributed by atoms with Gasteiger partial charge in [0.25, 0.3) is 0 Å². The third-order valence-electron chi connectivity index (χ3n) is 3.23. The molecule has 0 N–H and O–H groups in total. The van der Waals surface area contributed by atoms with E-state index < -0.39 is 0 Å². The van der Waals surface area contributed by atoms with E-state index in [0.29, 0.717) is 5.75 Å². The number of hydrogen-bond donors (Lipinski definition) is 0. The average molecular weight is 234 g/mol. The molecule has 1 aliphatic rings. The Balaban J connectivity index is 1.86. The predicted molar refractivity (Wildman–Crippen MR) is 65.5 cm³/mol. The third-order valence-corrected chi connectivity index (χ3v) is 3.23. The van der Waals surface area contributed by atoms with E-state index in [9.17, 15) is 4.79 Å². The zero-order chi connectivity index (χ0) is 12.1. The lowest BCUT2D eigenvalue weighted by molar-refractivity contribution is -0.124. The molecule has 1 aromatic rings. The molecular formula is C14H18O3. The van der Waals surface area contributed by atoms with Crippen LogP contribution in [0.5, 0.6) is 11.5 Å². The predicted octanol–water partition coefficient (Wildman–Crippen LogP) is 2.83. The topological polar surface area (TPSA) is 35.5 Å². The van der Waals surface area contributed by atoms with Crippen LogP contribution < -0.4 is 9.47 Å². The van der Waals surface area contributed by atoms with Gasteiger partial charge in [0.1, 0.15) is 18.1 Å². The Morgan fingerprint density at radius 1 is 1.29 bits per heavy atom. The Morgan fingerprint density at radius 2 is 2.00 bits per heavy atom. The molecule has 1 aliphatic carbocycles. The molecule has 0 amide bonds. The number of Topliss-reactive ketones (excluding diaryl/α,β-unsaturated/α-hetero) is 1. The highest BCUT2D eigenvalue weighted by Crippen LogP contribution is 2.26. The molecule has 0 aliphatic heterocycles. The van der Waals surface area contributed by atoms with E-state index in [1.54, 1.807) is 13.2 Å². The van der Waals surface area contributed by atoms with Gasteiger partial charge in [-0.25, -0.2) is 0 Å². The molecule has 2 rings (SSSR count). The molecule has 92 valence electrons. The van der Waals surface area contributed by atoms with Gasteiger partial charge in [-0.3, -0.25) is 4.79 Å². The molecule has 3 heteroatoms. The normalized spacial score (nSPS) is 15.8. The summed E-state index contributed by atoms with van der Waals surface area (Å²) in [5, 5.41) is 0.